The molecule has 0 unspecified atom stereocenters. The first-order valence-corrected chi connectivity index (χ1v) is 6.29. The van der Waals surface area contributed by atoms with Gasteiger partial charge < -0.3 is 15.2 Å². The number of carbonyl (C=O) groups excluding carboxylic acids is 2. The van der Waals surface area contributed by atoms with Crippen LogP contribution < -0.4 is 10.6 Å². The van der Waals surface area contributed by atoms with E-state index in [1.807, 2.05) is 6.07 Å². The van der Waals surface area contributed by atoms with Crippen LogP contribution in [-0.4, -0.2) is 17.0 Å². The Bertz CT molecular complexity index is 691. The van der Waals surface area contributed by atoms with Crippen molar-refractivity contribution in [1.29, 1.82) is 0 Å². The molecule has 1 aromatic heterocycles. The standard InChI is InChI=1S/C14H13N3O3/c1-8-6-12(17-20-8)14(19)15-10-3-4-11-9(7-10)2-5-13(18)16-11/h3-4,6-7H,2,5H2,1H3,(H,15,19)(H,16,18). The topological polar surface area (TPSA) is 84.2 Å². The smallest absolute Gasteiger partial charge is 0.277 e. The fourth-order valence-electron chi connectivity index (χ4n) is 2.13. The van der Waals surface area contributed by atoms with Crippen molar-refractivity contribution >= 4 is 23.2 Å². The molecule has 0 radical (unpaired) electrons. The Kier molecular flexibility index (Phi) is 2.98. The van der Waals surface area contributed by atoms with Crippen molar-refractivity contribution in [3.05, 3.63) is 41.3 Å². The molecule has 1 aliphatic heterocycles. The molecule has 0 saturated heterocycles. The zero-order chi connectivity index (χ0) is 14.1. The highest BCUT2D eigenvalue weighted by atomic mass is 16.5. The molecule has 6 nitrogen and oxygen atoms in total. The summed E-state index contributed by atoms with van der Waals surface area (Å²) < 4.78 is 4.87. The molecule has 2 heterocycles. The van der Waals surface area contributed by atoms with E-state index in [0.29, 0.717) is 24.3 Å². The van der Waals surface area contributed by atoms with E-state index in [2.05, 4.69) is 15.8 Å². The minimum Gasteiger partial charge on any atom is -0.361 e. The first kappa shape index (κ1) is 12.4. The zero-order valence-corrected chi connectivity index (χ0v) is 10.9. The summed E-state index contributed by atoms with van der Waals surface area (Å²) in [4.78, 5) is 23.2. The molecule has 0 atom stereocenters. The number of nitrogens with one attached hydrogen (secondary N) is 2. The van der Waals surface area contributed by atoms with E-state index < -0.39 is 0 Å². The van der Waals surface area contributed by atoms with Crippen LogP contribution in [0.25, 0.3) is 0 Å². The monoisotopic (exact) mass is 271 g/mol. The highest BCUT2D eigenvalue weighted by Crippen LogP contribution is 2.25. The average molecular weight is 271 g/mol. The van der Waals surface area contributed by atoms with Crippen LogP contribution in [0.5, 0.6) is 0 Å². The van der Waals surface area contributed by atoms with E-state index in [1.54, 1.807) is 25.1 Å². The average Bonchev–Trinajstić information content (AvgIpc) is 2.86. The molecule has 20 heavy (non-hydrogen) atoms. The fourth-order valence-corrected chi connectivity index (χ4v) is 2.13. The van der Waals surface area contributed by atoms with Crippen molar-refractivity contribution < 1.29 is 14.1 Å². The van der Waals surface area contributed by atoms with Crippen LogP contribution in [0.4, 0.5) is 11.4 Å². The normalized spacial score (nSPS) is 13.6. The highest BCUT2D eigenvalue weighted by molar-refractivity contribution is 6.03. The molecule has 1 aromatic carbocycles. The second-order valence-electron chi connectivity index (χ2n) is 4.70. The summed E-state index contributed by atoms with van der Waals surface area (Å²) in [6.07, 6.45) is 1.14. The van der Waals surface area contributed by atoms with E-state index in [0.717, 1.165) is 11.3 Å². The number of aromatic nitrogens is 1. The van der Waals surface area contributed by atoms with Crippen LogP contribution in [0.1, 0.15) is 28.2 Å². The summed E-state index contributed by atoms with van der Waals surface area (Å²) in [7, 11) is 0. The van der Waals surface area contributed by atoms with Crippen LogP contribution in [0, 0.1) is 6.92 Å². The van der Waals surface area contributed by atoms with E-state index in [4.69, 9.17) is 4.52 Å². The molecule has 2 N–H and O–H groups in total. The number of benzene rings is 1. The Balaban J connectivity index is 1.78. The summed E-state index contributed by atoms with van der Waals surface area (Å²) in [5, 5.41) is 9.22. The molecule has 3 rings (SSSR count). The Morgan fingerprint density at radius 2 is 2.20 bits per heavy atom. The van der Waals surface area contributed by atoms with Gasteiger partial charge in [0.1, 0.15) is 5.76 Å². The third-order valence-electron chi connectivity index (χ3n) is 3.12. The van der Waals surface area contributed by atoms with Gasteiger partial charge in [-0.1, -0.05) is 5.16 Å². The third-order valence-corrected chi connectivity index (χ3v) is 3.12. The lowest BCUT2D eigenvalue weighted by molar-refractivity contribution is -0.116. The highest BCUT2D eigenvalue weighted by Gasteiger charge is 2.16. The zero-order valence-electron chi connectivity index (χ0n) is 10.9. The molecule has 2 aromatic rings. The maximum absolute atomic E-state index is 11.9. The molecule has 0 spiro atoms. The van der Waals surface area contributed by atoms with Gasteiger partial charge in [0.2, 0.25) is 5.91 Å². The number of aryl methyl sites for hydroxylation is 2. The predicted octanol–water partition coefficient (Wildman–Crippen LogP) is 2.12. The predicted molar refractivity (Wildman–Crippen MR) is 72.6 cm³/mol. The quantitative estimate of drug-likeness (QED) is 0.876. The molecule has 0 saturated carbocycles. The van der Waals surface area contributed by atoms with Crippen molar-refractivity contribution in [2.75, 3.05) is 10.6 Å². The van der Waals surface area contributed by atoms with Crippen molar-refractivity contribution in [3.63, 3.8) is 0 Å². The first-order chi connectivity index (χ1) is 9.61. The van der Waals surface area contributed by atoms with Crippen LogP contribution in [0.3, 0.4) is 0 Å². The number of hydrogen-bond donors (Lipinski definition) is 2. The molecule has 2 amide bonds. The van der Waals surface area contributed by atoms with Crippen LogP contribution in [-0.2, 0) is 11.2 Å². The summed E-state index contributed by atoms with van der Waals surface area (Å²) in [6, 6.07) is 6.97. The van der Waals surface area contributed by atoms with Gasteiger partial charge >= 0.3 is 0 Å². The number of fused-ring (bicyclic) bond motifs is 1. The summed E-state index contributed by atoms with van der Waals surface area (Å²) in [5.41, 5.74) is 2.73. The summed E-state index contributed by atoms with van der Waals surface area (Å²) in [6.45, 7) is 1.73. The lowest BCUT2D eigenvalue weighted by atomic mass is 10.0. The van der Waals surface area contributed by atoms with Crippen LogP contribution >= 0.6 is 0 Å². The van der Waals surface area contributed by atoms with Gasteiger partial charge in [0.05, 0.1) is 0 Å². The van der Waals surface area contributed by atoms with E-state index in [-0.39, 0.29) is 17.5 Å². The molecule has 1 aliphatic rings. The van der Waals surface area contributed by atoms with Gasteiger partial charge in [-0.2, -0.15) is 0 Å². The molecule has 102 valence electrons. The van der Waals surface area contributed by atoms with Crippen molar-refractivity contribution in [2.24, 2.45) is 0 Å². The maximum Gasteiger partial charge on any atom is 0.277 e. The Hall–Kier alpha value is -2.63. The largest absolute Gasteiger partial charge is 0.361 e. The fraction of sp³-hybridized carbons (Fsp3) is 0.214. The number of carbonyl (C=O) groups is 2. The Morgan fingerprint density at radius 3 is 2.95 bits per heavy atom. The molecular formula is C14H13N3O3. The molecule has 6 heteroatoms. The van der Waals surface area contributed by atoms with Gasteiger partial charge in [-0.15, -0.1) is 0 Å². The lowest BCUT2D eigenvalue weighted by Gasteiger charge is -2.17. The molecule has 0 bridgehead atoms. The number of nitrogens with zero attached hydrogens (tertiary/aromatic N) is 1. The maximum atomic E-state index is 11.9. The number of amides is 2. The second kappa shape index (κ2) is 4.80. The summed E-state index contributed by atoms with van der Waals surface area (Å²) >= 11 is 0. The molecule has 0 aliphatic carbocycles. The van der Waals surface area contributed by atoms with Crippen LogP contribution in [0.15, 0.2) is 28.8 Å². The molecule has 0 fully saturated rings. The lowest BCUT2D eigenvalue weighted by Crippen LogP contribution is -2.19. The van der Waals surface area contributed by atoms with Gasteiger partial charge in [-0.25, -0.2) is 0 Å². The third kappa shape index (κ3) is 2.40. The molecular weight excluding hydrogens is 258 g/mol. The summed E-state index contributed by atoms with van der Waals surface area (Å²) in [5.74, 6) is 0.289. The van der Waals surface area contributed by atoms with Gasteiger partial charge in [0.15, 0.2) is 5.69 Å². The minimum absolute atomic E-state index is 0.0207. The van der Waals surface area contributed by atoms with Gasteiger partial charge in [-0.05, 0) is 37.1 Å². The van der Waals surface area contributed by atoms with Gasteiger partial charge in [-0.3, -0.25) is 9.59 Å². The van der Waals surface area contributed by atoms with E-state index >= 15 is 0 Å². The Labute approximate surface area is 115 Å². The first-order valence-electron chi connectivity index (χ1n) is 6.29. The van der Waals surface area contributed by atoms with E-state index in [1.165, 1.54) is 0 Å². The number of hydrogen-bond acceptors (Lipinski definition) is 4. The second-order valence-corrected chi connectivity index (χ2v) is 4.70. The number of rotatable bonds is 2. The van der Waals surface area contributed by atoms with Crippen molar-refractivity contribution in [2.45, 2.75) is 19.8 Å². The van der Waals surface area contributed by atoms with Gasteiger partial charge in [0.25, 0.3) is 5.91 Å². The minimum atomic E-state index is -0.318. The van der Waals surface area contributed by atoms with Crippen molar-refractivity contribution in [3.8, 4) is 0 Å². The number of anilines is 2. The van der Waals surface area contributed by atoms with Gasteiger partial charge in [0, 0.05) is 23.9 Å². The van der Waals surface area contributed by atoms with E-state index in [9.17, 15) is 9.59 Å². The Morgan fingerprint density at radius 1 is 1.35 bits per heavy atom. The van der Waals surface area contributed by atoms with Crippen molar-refractivity contribution in [1.82, 2.24) is 5.16 Å². The SMILES string of the molecule is Cc1cc(C(=O)Nc2ccc3c(c2)CCC(=O)N3)no1. The van der Waals surface area contributed by atoms with Crippen LogP contribution in [0.2, 0.25) is 0 Å².